The molecule has 0 atom stereocenters. The molecule has 0 aliphatic carbocycles. The number of para-hydroxylation sites is 1. The number of aryl methyl sites for hydroxylation is 1. The first-order valence-electron chi connectivity index (χ1n) is 9.16. The van der Waals surface area contributed by atoms with Crippen molar-refractivity contribution < 1.29 is 14.3 Å². The van der Waals surface area contributed by atoms with E-state index < -0.39 is 0 Å². The van der Waals surface area contributed by atoms with Gasteiger partial charge in [-0.25, -0.2) is 4.79 Å². The second-order valence-electron chi connectivity index (χ2n) is 6.57. The van der Waals surface area contributed by atoms with Crippen molar-refractivity contribution in [1.82, 2.24) is 15.1 Å². The monoisotopic (exact) mass is 367 g/mol. The second-order valence-corrected chi connectivity index (χ2v) is 6.57. The molecule has 142 valence electrons. The topological polar surface area (TPSA) is 61.9 Å². The Labute approximate surface area is 159 Å². The predicted molar refractivity (Wildman–Crippen MR) is 104 cm³/mol. The smallest absolute Gasteiger partial charge is 0.317 e. The number of benzene rings is 2. The summed E-state index contributed by atoms with van der Waals surface area (Å²) in [6.07, 6.45) is 0. The molecule has 1 heterocycles. The number of piperazine rings is 1. The van der Waals surface area contributed by atoms with Crippen LogP contribution in [0.3, 0.4) is 0 Å². The Balaban J connectivity index is 1.40. The average Bonchev–Trinajstić information content (AvgIpc) is 2.72. The first-order chi connectivity index (χ1) is 13.1. The third-order valence-electron chi connectivity index (χ3n) is 4.65. The summed E-state index contributed by atoms with van der Waals surface area (Å²) in [5, 5.41) is 2.92. The Morgan fingerprint density at radius 1 is 0.926 bits per heavy atom. The van der Waals surface area contributed by atoms with Gasteiger partial charge in [-0.1, -0.05) is 48.5 Å². The zero-order valence-corrected chi connectivity index (χ0v) is 15.6. The number of carbonyl (C=O) groups is 2. The summed E-state index contributed by atoms with van der Waals surface area (Å²) in [5.41, 5.74) is 2.07. The minimum atomic E-state index is -0.0953. The van der Waals surface area contributed by atoms with Gasteiger partial charge >= 0.3 is 6.03 Å². The Kier molecular flexibility index (Phi) is 6.30. The largest absolute Gasteiger partial charge is 0.484 e. The highest BCUT2D eigenvalue weighted by molar-refractivity contribution is 5.79. The highest BCUT2D eigenvalue weighted by Crippen LogP contribution is 2.16. The van der Waals surface area contributed by atoms with Crippen LogP contribution in [0.4, 0.5) is 4.79 Å². The third kappa shape index (κ3) is 5.23. The Morgan fingerprint density at radius 3 is 2.26 bits per heavy atom. The molecule has 0 bridgehead atoms. The summed E-state index contributed by atoms with van der Waals surface area (Å²) in [5.74, 6) is 0.673. The summed E-state index contributed by atoms with van der Waals surface area (Å²) in [4.78, 5) is 28.1. The van der Waals surface area contributed by atoms with E-state index in [-0.39, 0.29) is 18.5 Å². The maximum Gasteiger partial charge on any atom is 0.317 e. The van der Waals surface area contributed by atoms with E-state index in [0.717, 1.165) is 16.9 Å². The number of carbonyl (C=O) groups excluding carboxylic acids is 2. The molecule has 1 aliphatic rings. The number of hydrogen-bond acceptors (Lipinski definition) is 3. The Bertz CT molecular complexity index is 771. The maximum atomic E-state index is 12.4. The van der Waals surface area contributed by atoms with Gasteiger partial charge in [0.2, 0.25) is 0 Å². The standard InChI is InChI=1S/C21H25N3O3/c1-17-7-5-6-10-19(17)27-16-20(25)23-11-13-24(14-12-23)21(26)22-15-18-8-3-2-4-9-18/h2-10H,11-16H2,1H3,(H,22,26). The number of nitrogens with one attached hydrogen (secondary N) is 1. The molecule has 1 N–H and O–H groups in total. The van der Waals surface area contributed by atoms with Gasteiger partial charge in [0.15, 0.2) is 6.61 Å². The van der Waals surface area contributed by atoms with Crippen molar-refractivity contribution in [2.45, 2.75) is 13.5 Å². The fourth-order valence-corrected chi connectivity index (χ4v) is 2.99. The first-order valence-corrected chi connectivity index (χ1v) is 9.16. The van der Waals surface area contributed by atoms with Crippen LogP contribution in [0.25, 0.3) is 0 Å². The zero-order valence-electron chi connectivity index (χ0n) is 15.6. The van der Waals surface area contributed by atoms with Crippen molar-refractivity contribution in [2.24, 2.45) is 0 Å². The molecule has 2 aromatic rings. The minimum absolute atomic E-state index is 0.0189. The maximum absolute atomic E-state index is 12.4. The molecule has 0 radical (unpaired) electrons. The summed E-state index contributed by atoms with van der Waals surface area (Å²) in [7, 11) is 0. The van der Waals surface area contributed by atoms with Gasteiger partial charge < -0.3 is 19.9 Å². The van der Waals surface area contributed by atoms with Crippen LogP contribution in [0.2, 0.25) is 0 Å². The van der Waals surface area contributed by atoms with E-state index in [9.17, 15) is 9.59 Å². The molecule has 1 aliphatic heterocycles. The fraction of sp³-hybridized carbons (Fsp3) is 0.333. The van der Waals surface area contributed by atoms with Crippen molar-refractivity contribution in [1.29, 1.82) is 0 Å². The molecule has 2 aromatic carbocycles. The van der Waals surface area contributed by atoms with Crippen LogP contribution in [0.5, 0.6) is 5.75 Å². The number of urea groups is 1. The molecule has 0 unspecified atom stereocenters. The minimum Gasteiger partial charge on any atom is -0.484 e. The summed E-state index contributed by atoms with van der Waals surface area (Å²) in [6, 6.07) is 17.3. The molecule has 6 nitrogen and oxygen atoms in total. The molecular formula is C21H25N3O3. The van der Waals surface area contributed by atoms with Gasteiger partial charge in [-0.15, -0.1) is 0 Å². The lowest BCUT2D eigenvalue weighted by Gasteiger charge is -2.34. The molecule has 6 heteroatoms. The molecule has 1 saturated heterocycles. The lowest BCUT2D eigenvalue weighted by Crippen LogP contribution is -2.53. The van der Waals surface area contributed by atoms with E-state index in [0.29, 0.717) is 32.7 Å². The van der Waals surface area contributed by atoms with Gasteiger partial charge in [0.05, 0.1) is 0 Å². The van der Waals surface area contributed by atoms with Crippen molar-refractivity contribution in [3.63, 3.8) is 0 Å². The van der Waals surface area contributed by atoms with Crippen molar-refractivity contribution in [3.05, 3.63) is 65.7 Å². The van der Waals surface area contributed by atoms with Crippen molar-refractivity contribution >= 4 is 11.9 Å². The molecule has 0 aromatic heterocycles. The van der Waals surface area contributed by atoms with E-state index in [1.54, 1.807) is 9.80 Å². The number of rotatable bonds is 5. The van der Waals surface area contributed by atoms with E-state index in [2.05, 4.69) is 5.32 Å². The number of amides is 3. The molecule has 0 saturated carbocycles. The van der Waals surface area contributed by atoms with Gasteiger partial charge in [-0.3, -0.25) is 4.79 Å². The van der Waals surface area contributed by atoms with Gasteiger partial charge in [0.1, 0.15) is 5.75 Å². The predicted octanol–water partition coefficient (Wildman–Crippen LogP) is 2.43. The summed E-state index contributed by atoms with van der Waals surface area (Å²) < 4.78 is 5.63. The Morgan fingerprint density at radius 2 is 1.56 bits per heavy atom. The van der Waals surface area contributed by atoms with E-state index >= 15 is 0 Å². The van der Waals surface area contributed by atoms with Gasteiger partial charge in [-0.05, 0) is 24.1 Å². The van der Waals surface area contributed by atoms with Gasteiger partial charge in [0.25, 0.3) is 5.91 Å². The average molecular weight is 367 g/mol. The Hall–Kier alpha value is -3.02. The highest BCUT2D eigenvalue weighted by atomic mass is 16.5. The second kappa shape index (κ2) is 9.07. The molecule has 0 spiro atoms. The molecule has 27 heavy (non-hydrogen) atoms. The van der Waals surface area contributed by atoms with Gasteiger partial charge in [0, 0.05) is 32.7 Å². The molecule has 3 rings (SSSR count). The van der Waals surface area contributed by atoms with Crippen LogP contribution >= 0.6 is 0 Å². The van der Waals surface area contributed by atoms with Gasteiger partial charge in [-0.2, -0.15) is 0 Å². The van der Waals surface area contributed by atoms with Crippen LogP contribution in [0.1, 0.15) is 11.1 Å². The molecule has 3 amide bonds. The SMILES string of the molecule is Cc1ccccc1OCC(=O)N1CCN(C(=O)NCc2ccccc2)CC1. The summed E-state index contributed by atoms with van der Waals surface area (Å²) >= 11 is 0. The molecular weight excluding hydrogens is 342 g/mol. The van der Waals surface area contributed by atoms with Crippen LogP contribution in [-0.2, 0) is 11.3 Å². The quantitative estimate of drug-likeness (QED) is 0.883. The number of nitrogens with zero attached hydrogens (tertiary/aromatic N) is 2. The van der Waals surface area contributed by atoms with Crippen molar-refractivity contribution in [2.75, 3.05) is 32.8 Å². The first kappa shape index (κ1) is 18.8. The lowest BCUT2D eigenvalue weighted by molar-refractivity contribution is -0.134. The highest BCUT2D eigenvalue weighted by Gasteiger charge is 2.24. The van der Waals surface area contributed by atoms with E-state index in [4.69, 9.17) is 4.74 Å². The van der Waals surface area contributed by atoms with Crippen molar-refractivity contribution in [3.8, 4) is 5.75 Å². The number of ether oxygens (including phenoxy) is 1. The number of hydrogen-bond donors (Lipinski definition) is 1. The summed E-state index contributed by atoms with van der Waals surface area (Å²) in [6.45, 7) is 4.57. The zero-order chi connectivity index (χ0) is 19.1. The van der Waals surface area contributed by atoms with Crippen LogP contribution < -0.4 is 10.1 Å². The van der Waals surface area contributed by atoms with Crippen LogP contribution in [-0.4, -0.2) is 54.5 Å². The third-order valence-corrected chi connectivity index (χ3v) is 4.65. The normalized spacial score (nSPS) is 14.0. The van der Waals surface area contributed by atoms with E-state index in [1.165, 1.54) is 0 Å². The van der Waals surface area contributed by atoms with Crippen LogP contribution in [0.15, 0.2) is 54.6 Å². The fourth-order valence-electron chi connectivity index (χ4n) is 2.99. The van der Waals surface area contributed by atoms with Crippen LogP contribution in [0, 0.1) is 6.92 Å². The molecule has 1 fully saturated rings. The van der Waals surface area contributed by atoms with E-state index in [1.807, 2.05) is 61.5 Å². The lowest BCUT2D eigenvalue weighted by atomic mass is 10.2.